The normalized spacial score (nSPS) is 21.4. The number of nitrogens with zero attached hydrogens (tertiary/aromatic N) is 2. The third-order valence-electron chi connectivity index (χ3n) is 7.58. The maximum absolute atomic E-state index is 14.2. The number of hydrogen-bond donors (Lipinski definition) is 1. The maximum Gasteiger partial charge on any atom is 0.408 e. The van der Waals surface area contributed by atoms with Crippen molar-refractivity contribution in [3.8, 4) is 0 Å². The summed E-state index contributed by atoms with van der Waals surface area (Å²) in [5.74, 6) is -0.863. The second kappa shape index (κ2) is 12.1. The molecule has 10 heteroatoms. The van der Waals surface area contributed by atoms with Gasteiger partial charge in [-0.3, -0.25) is 14.5 Å². The first-order chi connectivity index (χ1) is 20.7. The molecule has 2 aromatic rings. The molecule has 0 radical (unpaired) electrons. The highest BCUT2D eigenvalue weighted by Gasteiger charge is 2.55. The first kappa shape index (κ1) is 31.4. The maximum atomic E-state index is 14.2. The highest BCUT2D eigenvalue weighted by molar-refractivity contribution is 8.00. The molecule has 3 aliphatic rings. The third kappa shape index (κ3) is 6.55. The number of allylic oxidation sites excluding steroid dienone is 1. The molecule has 2 atom stereocenters. The molecule has 1 N–H and O–H groups in total. The van der Waals surface area contributed by atoms with E-state index >= 15 is 0 Å². The minimum absolute atomic E-state index is 0.0873. The van der Waals surface area contributed by atoms with Gasteiger partial charge in [0.25, 0.3) is 5.91 Å². The number of fused-ring (bicyclic) bond motifs is 1. The summed E-state index contributed by atoms with van der Waals surface area (Å²) in [6.07, 6.45) is 0.847. The zero-order valence-electron chi connectivity index (χ0n) is 26.0. The van der Waals surface area contributed by atoms with E-state index in [0.29, 0.717) is 29.9 Å². The molecule has 2 fully saturated rings. The molecule has 3 amide bonds. The fourth-order valence-electron chi connectivity index (χ4n) is 5.52. The minimum Gasteiger partial charge on any atom is -0.448 e. The van der Waals surface area contributed by atoms with Gasteiger partial charge in [-0.1, -0.05) is 60.7 Å². The van der Waals surface area contributed by atoms with Crippen molar-refractivity contribution < 1.29 is 28.7 Å². The predicted molar refractivity (Wildman–Crippen MR) is 168 cm³/mol. The van der Waals surface area contributed by atoms with Gasteiger partial charge in [0, 0.05) is 23.4 Å². The van der Waals surface area contributed by atoms with E-state index in [1.165, 1.54) is 16.7 Å². The molecule has 0 aliphatic carbocycles. The van der Waals surface area contributed by atoms with E-state index in [9.17, 15) is 19.2 Å². The summed E-state index contributed by atoms with van der Waals surface area (Å²) in [7, 11) is 0. The number of carbonyl (C=O) groups is 4. The average Bonchev–Trinajstić information content (AvgIpc) is 3.34. The van der Waals surface area contributed by atoms with Crippen LogP contribution in [-0.2, 0) is 23.9 Å². The lowest BCUT2D eigenvalue weighted by atomic mass is 10.00. The number of nitrogens with one attached hydrogen (secondary N) is 1. The van der Waals surface area contributed by atoms with E-state index in [-0.39, 0.29) is 17.1 Å². The first-order valence-corrected chi connectivity index (χ1v) is 15.8. The van der Waals surface area contributed by atoms with E-state index in [1.54, 1.807) is 26.8 Å². The Bertz CT molecular complexity index is 1470. The molecule has 44 heavy (non-hydrogen) atoms. The summed E-state index contributed by atoms with van der Waals surface area (Å²) in [5, 5.41) is 2.14. The number of β-lactam (4-membered cyclic amide) rings is 1. The van der Waals surface area contributed by atoms with Gasteiger partial charge in [-0.2, -0.15) is 0 Å². The molecule has 0 saturated carbocycles. The molecule has 2 saturated heterocycles. The number of amides is 3. The van der Waals surface area contributed by atoms with Crippen LogP contribution in [0.25, 0.3) is 0 Å². The van der Waals surface area contributed by atoms with E-state index < -0.39 is 41.1 Å². The Balaban J connectivity index is 1.50. The molecule has 2 aromatic carbocycles. The molecular weight excluding hydrogens is 578 g/mol. The lowest BCUT2D eigenvalue weighted by Gasteiger charge is -2.49. The minimum atomic E-state index is -0.865. The molecule has 0 aromatic heterocycles. The number of thioether (sulfide) groups is 1. The largest absolute Gasteiger partial charge is 0.448 e. The van der Waals surface area contributed by atoms with Crippen molar-refractivity contribution in [1.29, 1.82) is 0 Å². The Morgan fingerprint density at radius 3 is 2.07 bits per heavy atom. The molecule has 5 rings (SSSR count). The van der Waals surface area contributed by atoms with Crippen LogP contribution in [0.1, 0.15) is 65.2 Å². The summed E-state index contributed by atoms with van der Waals surface area (Å²) >= 11 is 1.42. The number of benzene rings is 2. The van der Waals surface area contributed by atoms with Crippen LogP contribution in [0.3, 0.4) is 0 Å². The van der Waals surface area contributed by atoms with Crippen molar-refractivity contribution in [3.63, 3.8) is 0 Å². The number of rotatable bonds is 6. The monoisotopic (exact) mass is 617 g/mol. The van der Waals surface area contributed by atoms with Gasteiger partial charge >= 0.3 is 12.1 Å². The molecule has 3 heterocycles. The number of ether oxygens (including phenoxy) is 2. The van der Waals surface area contributed by atoms with Crippen LogP contribution in [0, 0.1) is 0 Å². The van der Waals surface area contributed by atoms with Crippen LogP contribution in [0.4, 0.5) is 4.79 Å². The zero-order valence-corrected chi connectivity index (χ0v) is 26.8. The van der Waals surface area contributed by atoms with Crippen LogP contribution in [0.15, 0.2) is 83.6 Å². The Morgan fingerprint density at radius 1 is 0.955 bits per heavy atom. The predicted octanol–water partition coefficient (Wildman–Crippen LogP) is 5.34. The van der Waals surface area contributed by atoms with E-state index in [2.05, 4.69) is 5.32 Å². The lowest BCUT2D eigenvalue weighted by molar-refractivity contribution is -0.153. The second-order valence-corrected chi connectivity index (χ2v) is 14.2. The van der Waals surface area contributed by atoms with Gasteiger partial charge < -0.3 is 19.7 Å². The average molecular weight is 618 g/mol. The van der Waals surface area contributed by atoms with Crippen molar-refractivity contribution in [2.45, 2.75) is 76.6 Å². The highest BCUT2D eigenvalue weighted by Crippen LogP contribution is 2.43. The van der Waals surface area contributed by atoms with Crippen LogP contribution in [0.2, 0.25) is 0 Å². The zero-order chi connectivity index (χ0) is 31.8. The molecule has 9 nitrogen and oxygen atoms in total. The summed E-state index contributed by atoms with van der Waals surface area (Å²) in [6, 6.07) is 17.9. The van der Waals surface area contributed by atoms with Crippen LogP contribution in [0.5, 0.6) is 0 Å². The topological polar surface area (TPSA) is 105 Å². The van der Waals surface area contributed by atoms with Gasteiger partial charge in [-0.15, -0.1) is 11.8 Å². The van der Waals surface area contributed by atoms with Gasteiger partial charge in [0.05, 0.1) is 0 Å². The van der Waals surface area contributed by atoms with Gasteiger partial charge in [0.2, 0.25) is 5.91 Å². The molecule has 3 aliphatic heterocycles. The molecule has 232 valence electrons. The molecule has 0 bridgehead atoms. The Morgan fingerprint density at radius 2 is 1.55 bits per heavy atom. The Labute approximate surface area is 262 Å². The van der Waals surface area contributed by atoms with Crippen molar-refractivity contribution in [3.05, 3.63) is 94.7 Å². The summed E-state index contributed by atoms with van der Waals surface area (Å²) in [5.41, 5.74) is 1.69. The lowest BCUT2D eigenvalue weighted by Crippen LogP contribution is -2.70. The fraction of sp³-hybridized carbons (Fsp3) is 0.412. The van der Waals surface area contributed by atoms with E-state index in [4.69, 9.17) is 9.47 Å². The summed E-state index contributed by atoms with van der Waals surface area (Å²) in [6.45, 7) is 11.8. The van der Waals surface area contributed by atoms with Crippen molar-refractivity contribution >= 4 is 35.6 Å². The number of carbonyl (C=O) groups excluding carboxylic acids is 4. The second-order valence-electron chi connectivity index (χ2n) is 13.1. The van der Waals surface area contributed by atoms with Crippen LogP contribution >= 0.6 is 11.8 Å². The number of alkyl carbamates (subject to hydrolysis) is 1. The Hall–Kier alpha value is -4.05. The first-order valence-electron chi connectivity index (χ1n) is 14.8. The van der Waals surface area contributed by atoms with E-state index in [1.807, 2.05) is 86.3 Å². The van der Waals surface area contributed by atoms with Gasteiger partial charge in [0.1, 0.15) is 22.7 Å². The highest BCUT2D eigenvalue weighted by atomic mass is 32.2. The van der Waals surface area contributed by atoms with Crippen LogP contribution in [-0.4, -0.2) is 68.5 Å². The van der Waals surface area contributed by atoms with E-state index in [0.717, 1.165) is 11.1 Å². The van der Waals surface area contributed by atoms with Gasteiger partial charge in [-0.05, 0) is 70.7 Å². The summed E-state index contributed by atoms with van der Waals surface area (Å²) in [4.78, 5) is 56.8. The molecular formula is C34H39N3O6S. The number of likely N-dealkylation sites (tertiary alicyclic amines) is 1. The molecule has 0 unspecified atom stereocenters. The van der Waals surface area contributed by atoms with Gasteiger partial charge in [-0.25, -0.2) is 9.59 Å². The standard InChI is InChI=1S/C34H39N3O6S/c1-33(2,3)36-18-17-23(28(36)38)19-24-20-44-30-25(35-32(41)43-34(4,5)6)29(39)37(30)26(24)31(40)42-27(21-13-9-7-10-14-21)22-15-11-8-12-16-22/h7-16,19,25,27,30H,17-18,20H2,1-6H3,(H,35,41)/t25-,30-/m1/s1. The van der Waals surface area contributed by atoms with Crippen molar-refractivity contribution in [2.24, 2.45) is 0 Å². The number of esters is 1. The van der Waals surface area contributed by atoms with Crippen LogP contribution < -0.4 is 5.32 Å². The number of hydrogen-bond acceptors (Lipinski definition) is 7. The van der Waals surface area contributed by atoms with Gasteiger partial charge in [0.15, 0.2) is 6.10 Å². The fourth-order valence-corrected chi connectivity index (χ4v) is 6.83. The third-order valence-corrected chi connectivity index (χ3v) is 8.88. The smallest absolute Gasteiger partial charge is 0.408 e. The quantitative estimate of drug-likeness (QED) is 0.265. The Kier molecular flexibility index (Phi) is 8.66. The SMILES string of the molecule is CC(C)(C)OC(=O)N[C@@H]1C(=O)N2C(C(=O)OC(c3ccccc3)c3ccccc3)=C(C=C3CCN(C(C)(C)C)C3=O)CS[C@H]12. The van der Waals surface area contributed by atoms with Crippen molar-refractivity contribution in [2.75, 3.05) is 12.3 Å². The summed E-state index contributed by atoms with van der Waals surface area (Å²) < 4.78 is 11.6. The molecule has 0 spiro atoms. The van der Waals surface area contributed by atoms with Crippen molar-refractivity contribution in [1.82, 2.24) is 15.1 Å².